The maximum atomic E-state index is 12.1. The van der Waals surface area contributed by atoms with Gasteiger partial charge in [-0.1, -0.05) is 6.42 Å². The number of urea groups is 1. The molecule has 1 aliphatic carbocycles. The van der Waals surface area contributed by atoms with Crippen LogP contribution in [0.15, 0.2) is 0 Å². The largest absolute Gasteiger partial charge is 0.481 e. The van der Waals surface area contributed by atoms with Crippen LogP contribution in [0.5, 0.6) is 0 Å². The molecule has 0 spiro atoms. The number of nitrogens with zero attached hydrogens (tertiary/aromatic N) is 1. The molecule has 1 saturated heterocycles. The van der Waals surface area contributed by atoms with Gasteiger partial charge in [-0.05, 0) is 19.8 Å². The summed E-state index contributed by atoms with van der Waals surface area (Å²) in [7, 11) is -0.820. The van der Waals surface area contributed by atoms with Crippen molar-refractivity contribution in [3.63, 3.8) is 0 Å². The molecule has 0 aromatic heterocycles. The molecule has 7 heteroatoms. The summed E-state index contributed by atoms with van der Waals surface area (Å²) in [6.07, 6.45) is 2.11. The van der Waals surface area contributed by atoms with Gasteiger partial charge in [0.05, 0.1) is 5.41 Å². The summed E-state index contributed by atoms with van der Waals surface area (Å²) in [4.78, 5) is 25.1. The Kier molecular flexibility index (Phi) is 4.13. The van der Waals surface area contributed by atoms with Crippen molar-refractivity contribution in [1.29, 1.82) is 0 Å². The second-order valence-corrected chi connectivity index (χ2v) is 7.15. The number of rotatable bonds is 2. The third-order valence-corrected chi connectivity index (χ3v) is 5.49. The van der Waals surface area contributed by atoms with Crippen LogP contribution in [0.3, 0.4) is 0 Å². The summed E-state index contributed by atoms with van der Waals surface area (Å²) >= 11 is 0. The Morgan fingerprint density at radius 3 is 2.58 bits per heavy atom. The Morgan fingerprint density at radius 1 is 1.37 bits per heavy atom. The Hall–Kier alpha value is -1.11. The Morgan fingerprint density at radius 2 is 2.00 bits per heavy atom. The van der Waals surface area contributed by atoms with Crippen LogP contribution in [-0.4, -0.2) is 56.9 Å². The molecule has 0 radical (unpaired) electrons. The quantitative estimate of drug-likeness (QED) is 0.770. The summed E-state index contributed by atoms with van der Waals surface area (Å²) in [5.41, 5.74) is -0.867. The predicted octanol–water partition coefficient (Wildman–Crippen LogP) is 0.404. The van der Waals surface area contributed by atoms with Gasteiger partial charge in [0.15, 0.2) is 0 Å². The Labute approximate surface area is 115 Å². The molecule has 2 rings (SSSR count). The normalized spacial score (nSPS) is 32.3. The van der Waals surface area contributed by atoms with E-state index >= 15 is 0 Å². The smallest absolute Gasteiger partial charge is 0.317 e. The average Bonchev–Trinajstić information content (AvgIpc) is 2.73. The molecule has 0 bridgehead atoms. The lowest BCUT2D eigenvalue weighted by Gasteiger charge is -2.32. The van der Waals surface area contributed by atoms with E-state index in [1.807, 2.05) is 0 Å². The van der Waals surface area contributed by atoms with Crippen LogP contribution in [0.4, 0.5) is 4.79 Å². The minimum Gasteiger partial charge on any atom is -0.481 e. The fourth-order valence-electron chi connectivity index (χ4n) is 2.73. The molecular formula is C12H20N2O4S. The number of hydrogen-bond donors (Lipinski definition) is 2. The maximum absolute atomic E-state index is 12.1. The van der Waals surface area contributed by atoms with Crippen LogP contribution < -0.4 is 5.32 Å². The molecule has 2 fully saturated rings. The summed E-state index contributed by atoms with van der Waals surface area (Å²) < 4.78 is 11.2. The van der Waals surface area contributed by atoms with Gasteiger partial charge in [-0.25, -0.2) is 4.79 Å². The van der Waals surface area contributed by atoms with Crippen molar-refractivity contribution >= 4 is 22.8 Å². The second kappa shape index (κ2) is 5.48. The summed E-state index contributed by atoms with van der Waals surface area (Å²) in [6, 6.07) is -0.541. The minimum absolute atomic E-state index is 0.226. The van der Waals surface area contributed by atoms with Crippen LogP contribution in [0.2, 0.25) is 0 Å². The fraction of sp³-hybridized carbons (Fsp3) is 0.833. The van der Waals surface area contributed by atoms with Crippen LogP contribution in [-0.2, 0) is 15.6 Å². The standard InChI is InChI=1S/C12H20N2O4S/c1-12(10(15)16)4-2-3-9(12)13-11(17)14-5-7-19(18)8-6-14/h9H,2-8H2,1H3,(H,13,17)(H,15,16). The first-order valence-corrected chi connectivity index (χ1v) is 8.06. The lowest BCUT2D eigenvalue weighted by atomic mass is 9.85. The lowest BCUT2D eigenvalue weighted by molar-refractivity contribution is -0.148. The first-order chi connectivity index (χ1) is 8.93. The van der Waals surface area contributed by atoms with Crippen LogP contribution in [0.25, 0.3) is 0 Å². The van der Waals surface area contributed by atoms with Crippen LogP contribution in [0, 0.1) is 5.41 Å². The van der Waals surface area contributed by atoms with Crippen molar-refractivity contribution in [2.75, 3.05) is 24.6 Å². The van der Waals surface area contributed by atoms with E-state index in [0.29, 0.717) is 37.4 Å². The highest BCUT2D eigenvalue weighted by atomic mass is 32.2. The van der Waals surface area contributed by atoms with E-state index in [0.717, 1.165) is 6.42 Å². The first-order valence-electron chi connectivity index (χ1n) is 6.57. The number of nitrogens with one attached hydrogen (secondary N) is 1. The molecule has 0 aromatic rings. The number of carboxylic acid groups (broad SMARTS) is 1. The summed E-state index contributed by atoms with van der Waals surface area (Å²) in [6.45, 7) is 2.66. The monoisotopic (exact) mass is 288 g/mol. The molecular weight excluding hydrogens is 268 g/mol. The number of carboxylic acids is 1. The molecule has 2 atom stereocenters. The number of carbonyl (C=O) groups excluding carboxylic acids is 1. The highest BCUT2D eigenvalue weighted by molar-refractivity contribution is 7.85. The van der Waals surface area contributed by atoms with Crippen molar-refractivity contribution in [2.45, 2.75) is 32.2 Å². The zero-order chi connectivity index (χ0) is 14.0. The Balaban J connectivity index is 1.95. The van der Waals surface area contributed by atoms with E-state index in [2.05, 4.69) is 5.32 Å². The SMILES string of the molecule is CC1(C(=O)O)CCCC1NC(=O)N1CCS(=O)CC1. The molecule has 6 nitrogen and oxygen atoms in total. The van der Waals surface area contributed by atoms with Gasteiger partial charge in [0, 0.05) is 41.4 Å². The molecule has 2 aliphatic rings. The molecule has 2 amide bonds. The van der Waals surface area contributed by atoms with Gasteiger partial charge in [0.1, 0.15) is 0 Å². The first kappa shape index (κ1) is 14.3. The number of aliphatic carboxylic acids is 1. The lowest BCUT2D eigenvalue weighted by Crippen LogP contribution is -2.53. The second-order valence-electron chi connectivity index (χ2n) is 5.45. The molecule has 2 unspecified atom stereocenters. The minimum atomic E-state index is -0.867. The van der Waals surface area contributed by atoms with E-state index in [9.17, 15) is 18.9 Å². The van der Waals surface area contributed by atoms with Crippen molar-refractivity contribution in [3.8, 4) is 0 Å². The van der Waals surface area contributed by atoms with E-state index in [1.54, 1.807) is 11.8 Å². The number of carbonyl (C=O) groups is 2. The highest BCUT2D eigenvalue weighted by Crippen LogP contribution is 2.38. The van der Waals surface area contributed by atoms with Gasteiger partial charge in [-0.2, -0.15) is 0 Å². The third-order valence-electron chi connectivity index (χ3n) is 4.21. The van der Waals surface area contributed by atoms with E-state index < -0.39 is 22.2 Å². The third kappa shape index (κ3) is 2.91. The van der Waals surface area contributed by atoms with Crippen molar-refractivity contribution < 1.29 is 18.9 Å². The van der Waals surface area contributed by atoms with Gasteiger partial charge in [-0.3, -0.25) is 9.00 Å². The molecule has 2 N–H and O–H groups in total. The zero-order valence-electron chi connectivity index (χ0n) is 11.1. The van der Waals surface area contributed by atoms with E-state index in [1.165, 1.54) is 0 Å². The van der Waals surface area contributed by atoms with Crippen molar-refractivity contribution in [1.82, 2.24) is 10.2 Å². The highest BCUT2D eigenvalue weighted by Gasteiger charge is 2.46. The predicted molar refractivity (Wildman–Crippen MR) is 71.4 cm³/mol. The number of hydrogen-bond acceptors (Lipinski definition) is 3. The maximum Gasteiger partial charge on any atom is 0.317 e. The molecule has 1 saturated carbocycles. The van der Waals surface area contributed by atoms with Gasteiger partial charge < -0.3 is 15.3 Å². The molecule has 1 heterocycles. The van der Waals surface area contributed by atoms with Gasteiger partial charge in [0.25, 0.3) is 0 Å². The fourth-order valence-corrected chi connectivity index (χ4v) is 3.79. The average molecular weight is 288 g/mol. The van der Waals surface area contributed by atoms with Crippen molar-refractivity contribution in [3.05, 3.63) is 0 Å². The number of amides is 2. The van der Waals surface area contributed by atoms with Crippen LogP contribution >= 0.6 is 0 Å². The topological polar surface area (TPSA) is 86.7 Å². The van der Waals surface area contributed by atoms with Crippen molar-refractivity contribution in [2.24, 2.45) is 5.41 Å². The molecule has 0 aromatic carbocycles. The van der Waals surface area contributed by atoms with E-state index in [-0.39, 0.29) is 12.1 Å². The molecule has 1 aliphatic heterocycles. The van der Waals surface area contributed by atoms with Gasteiger partial charge in [0.2, 0.25) is 0 Å². The Bertz CT molecular complexity index is 405. The zero-order valence-corrected chi connectivity index (χ0v) is 11.9. The molecule has 108 valence electrons. The van der Waals surface area contributed by atoms with E-state index in [4.69, 9.17) is 0 Å². The van der Waals surface area contributed by atoms with Gasteiger partial charge in [-0.15, -0.1) is 0 Å². The molecule has 19 heavy (non-hydrogen) atoms. The summed E-state index contributed by atoms with van der Waals surface area (Å²) in [5, 5.41) is 12.1. The summed E-state index contributed by atoms with van der Waals surface area (Å²) in [5.74, 6) is 0.165. The van der Waals surface area contributed by atoms with Crippen LogP contribution in [0.1, 0.15) is 26.2 Å². The van der Waals surface area contributed by atoms with Gasteiger partial charge >= 0.3 is 12.0 Å².